The maximum absolute atomic E-state index is 11.8. The first kappa shape index (κ1) is 23.2. The molecule has 1 fully saturated rings. The number of guanidine groups is 1. The maximum Gasteiger partial charge on any atom is 0.251 e. The van der Waals surface area contributed by atoms with Crippen molar-refractivity contribution in [1.29, 1.82) is 0 Å². The van der Waals surface area contributed by atoms with Gasteiger partial charge in [-0.05, 0) is 49.8 Å². The summed E-state index contributed by atoms with van der Waals surface area (Å²) in [5.74, 6) is 1.07. The number of benzene rings is 1. The van der Waals surface area contributed by atoms with Gasteiger partial charge in [-0.1, -0.05) is 12.1 Å². The summed E-state index contributed by atoms with van der Waals surface area (Å²) in [4.78, 5) is 16.4. The Morgan fingerprint density at radius 1 is 1.24 bits per heavy atom. The van der Waals surface area contributed by atoms with E-state index < -0.39 is 10.0 Å². The Balaban J connectivity index is 1.83. The van der Waals surface area contributed by atoms with Gasteiger partial charge in [0, 0.05) is 45.3 Å². The van der Waals surface area contributed by atoms with E-state index in [9.17, 15) is 13.2 Å². The SMILES string of the molecule is CCNC(=NCC1CCN(S(C)(=O)=O)CC1)NCCc1cccc(C(=O)NC)c1. The fourth-order valence-corrected chi connectivity index (χ4v) is 4.20. The molecule has 1 aromatic carbocycles. The Morgan fingerprint density at radius 2 is 1.97 bits per heavy atom. The van der Waals surface area contributed by atoms with Gasteiger partial charge in [-0.2, -0.15) is 0 Å². The molecule has 1 amide bonds. The number of sulfonamides is 1. The minimum Gasteiger partial charge on any atom is -0.357 e. The number of carbonyl (C=O) groups excluding carboxylic acids is 1. The summed E-state index contributed by atoms with van der Waals surface area (Å²) in [7, 11) is -1.46. The third-order valence-corrected chi connectivity index (χ3v) is 6.32. The van der Waals surface area contributed by atoms with Gasteiger partial charge in [0.15, 0.2) is 5.96 Å². The molecular weight excluding hydrogens is 390 g/mol. The first-order chi connectivity index (χ1) is 13.8. The lowest BCUT2D eigenvalue weighted by molar-refractivity contribution is 0.0963. The lowest BCUT2D eigenvalue weighted by atomic mass is 9.98. The van der Waals surface area contributed by atoms with Gasteiger partial charge in [0.2, 0.25) is 10.0 Å². The van der Waals surface area contributed by atoms with Gasteiger partial charge in [0.1, 0.15) is 0 Å². The first-order valence-electron chi connectivity index (χ1n) is 10.1. The molecular formula is C20H33N5O3S. The van der Waals surface area contributed by atoms with E-state index >= 15 is 0 Å². The van der Waals surface area contributed by atoms with E-state index in [-0.39, 0.29) is 5.91 Å². The fraction of sp³-hybridized carbons (Fsp3) is 0.600. The van der Waals surface area contributed by atoms with E-state index in [1.54, 1.807) is 17.4 Å². The fourth-order valence-electron chi connectivity index (χ4n) is 3.32. The zero-order valence-electron chi connectivity index (χ0n) is 17.6. The smallest absolute Gasteiger partial charge is 0.251 e. The standard InChI is InChI=1S/C20H33N5O3S/c1-4-22-20(24-15-17-9-12-25(13-10-17)29(3,27)28)23-11-8-16-6-5-7-18(14-16)19(26)21-2/h5-7,14,17H,4,8-13,15H2,1-3H3,(H,21,26)(H2,22,23,24). The molecule has 0 bridgehead atoms. The molecule has 3 N–H and O–H groups in total. The Kier molecular flexibility index (Phi) is 8.91. The third kappa shape index (κ3) is 7.66. The van der Waals surface area contributed by atoms with Gasteiger partial charge in [-0.3, -0.25) is 9.79 Å². The van der Waals surface area contributed by atoms with Crippen LogP contribution >= 0.6 is 0 Å². The molecule has 0 atom stereocenters. The van der Waals surface area contributed by atoms with Crippen molar-refractivity contribution in [2.75, 3.05) is 46.0 Å². The summed E-state index contributed by atoms with van der Waals surface area (Å²) < 4.78 is 24.8. The van der Waals surface area contributed by atoms with Crippen LogP contribution in [0.4, 0.5) is 0 Å². The van der Waals surface area contributed by atoms with Gasteiger partial charge in [0.25, 0.3) is 5.91 Å². The molecule has 1 heterocycles. The van der Waals surface area contributed by atoms with E-state index in [0.717, 1.165) is 37.3 Å². The van der Waals surface area contributed by atoms with Gasteiger partial charge in [-0.25, -0.2) is 12.7 Å². The normalized spacial score (nSPS) is 16.4. The molecule has 8 nitrogen and oxygen atoms in total. The largest absolute Gasteiger partial charge is 0.357 e. The van der Waals surface area contributed by atoms with E-state index in [1.807, 2.05) is 25.1 Å². The van der Waals surface area contributed by atoms with Crippen LogP contribution in [0.1, 0.15) is 35.7 Å². The van der Waals surface area contributed by atoms with Crippen LogP contribution in [-0.2, 0) is 16.4 Å². The molecule has 1 aliphatic heterocycles. The molecule has 0 radical (unpaired) electrons. The molecule has 0 unspecified atom stereocenters. The number of piperidine rings is 1. The van der Waals surface area contributed by atoms with E-state index in [1.165, 1.54) is 6.26 Å². The van der Waals surface area contributed by atoms with Crippen molar-refractivity contribution in [2.24, 2.45) is 10.9 Å². The zero-order valence-corrected chi connectivity index (χ0v) is 18.4. The second-order valence-electron chi connectivity index (χ2n) is 7.28. The van der Waals surface area contributed by atoms with Crippen LogP contribution in [0.3, 0.4) is 0 Å². The molecule has 1 saturated heterocycles. The molecule has 9 heteroatoms. The Bertz CT molecular complexity index is 802. The van der Waals surface area contributed by atoms with Crippen LogP contribution in [0.25, 0.3) is 0 Å². The van der Waals surface area contributed by atoms with Crippen molar-refractivity contribution in [2.45, 2.75) is 26.2 Å². The van der Waals surface area contributed by atoms with Crippen molar-refractivity contribution in [3.63, 3.8) is 0 Å². The molecule has 162 valence electrons. The highest BCUT2D eigenvalue weighted by Gasteiger charge is 2.24. The predicted molar refractivity (Wildman–Crippen MR) is 117 cm³/mol. The van der Waals surface area contributed by atoms with Crippen LogP contribution in [0.15, 0.2) is 29.3 Å². The number of amides is 1. The van der Waals surface area contributed by atoms with E-state index in [4.69, 9.17) is 0 Å². The highest BCUT2D eigenvalue weighted by Crippen LogP contribution is 2.19. The summed E-state index contributed by atoms with van der Waals surface area (Å²) in [6, 6.07) is 7.60. The van der Waals surface area contributed by atoms with Gasteiger partial charge >= 0.3 is 0 Å². The van der Waals surface area contributed by atoms with E-state index in [0.29, 0.717) is 37.7 Å². The summed E-state index contributed by atoms with van der Waals surface area (Å²) in [5, 5.41) is 9.22. The Hall–Kier alpha value is -2.13. The number of carbonyl (C=O) groups is 1. The Morgan fingerprint density at radius 3 is 2.59 bits per heavy atom. The van der Waals surface area contributed by atoms with E-state index in [2.05, 4.69) is 20.9 Å². The number of aliphatic imine (C=N–C) groups is 1. The number of nitrogens with one attached hydrogen (secondary N) is 3. The van der Waals surface area contributed by atoms with Gasteiger partial charge in [0.05, 0.1) is 6.26 Å². The third-order valence-electron chi connectivity index (χ3n) is 5.02. The summed E-state index contributed by atoms with van der Waals surface area (Å²) >= 11 is 0. The highest BCUT2D eigenvalue weighted by atomic mass is 32.2. The van der Waals surface area contributed by atoms with Crippen LogP contribution in [0, 0.1) is 5.92 Å². The number of rotatable bonds is 8. The number of nitrogens with zero attached hydrogens (tertiary/aromatic N) is 2. The lowest BCUT2D eigenvalue weighted by Gasteiger charge is -2.29. The van der Waals surface area contributed by atoms with Crippen LogP contribution < -0.4 is 16.0 Å². The van der Waals surface area contributed by atoms with Crippen molar-refractivity contribution in [3.8, 4) is 0 Å². The topological polar surface area (TPSA) is 103 Å². The average Bonchev–Trinajstić information content (AvgIpc) is 2.71. The molecule has 0 spiro atoms. The van der Waals surface area contributed by atoms with Crippen molar-refractivity contribution in [3.05, 3.63) is 35.4 Å². The number of hydrogen-bond acceptors (Lipinski definition) is 4. The second-order valence-corrected chi connectivity index (χ2v) is 9.26. The van der Waals surface area contributed by atoms with Crippen molar-refractivity contribution < 1.29 is 13.2 Å². The molecule has 0 aromatic heterocycles. The minimum absolute atomic E-state index is 0.0865. The lowest BCUT2D eigenvalue weighted by Crippen LogP contribution is -2.40. The zero-order chi connectivity index (χ0) is 21.3. The van der Waals surface area contributed by atoms with Crippen LogP contribution in [0.5, 0.6) is 0 Å². The molecule has 1 aliphatic rings. The summed E-state index contributed by atoms with van der Waals surface area (Å²) in [6.07, 6.45) is 3.72. The minimum atomic E-state index is -3.09. The monoisotopic (exact) mass is 423 g/mol. The first-order valence-corrected chi connectivity index (χ1v) is 12.0. The van der Waals surface area contributed by atoms with Crippen LogP contribution in [-0.4, -0.2) is 70.6 Å². The van der Waals surface area contributed by atoms with Gasteiger partial charge in [-0.15, -0.1) is 0 Å². The molecule has 29 heavy (non-hydrogen) atoms. The average molecular weight is 424 g/mol. The van der Waals surface area contributed by atoms with Crippen LogP contribution in [0.2, 0.25) is 0 Å². The maximum atomic E-state index is 11.8. The van der Waals surface area contributed by atoms with Crippen molar-refractivity contribution in [1.82, 2.24) is 20.3 Å². The van der Waals surface area contributed by atoms with Gasteiger partial charge < -0.3 is 16.0 Å². The predicted octanol–water partition coefficient (Wildman–Crippen LogP) is 0.815. The Labute approximate surface area is 174 Å². The van der Waals surface area contributed by atoms with Crippen molar-refractivity contribution >= 4 is 21.9 Å². The highest BCUT2D eigenvalue weighted by molar-refractivity contribution is 7.88. The second kappa shape index (κ2) is 11.2. The molecule has 0 aliphatic carbocycles. The molecule has 2 rings (SSSR count). The summed E-state index contributed by atoms with van der Waals surface area (Å²) in [5.41, 5.74) is 1.74. The number of hydrogen-bond donors (Lipinski definition) is 3. The summed E-state index contributed by atoms with van der Waals surface area (Å²) in [6.45, 7) is 5.32. The molecule has 1 aromatic rings. The quantitative estimate of drug-likeness (QED) is 0.424. The molecule has 0 saturated carbocycles.